The molecular formula is C20H15BrF4N4O3S. The van der Waals surface area contributed by atoms with Gasteiger partial charge in [0, 0.05) is 27.4 Å². The van der Waals surface area contributed by atoms with Crippen LogP contribution < -0.4 is 10.1 Å². The van der Waals surface area contributed by atoms with Crippen molar-refractivity contribution in [3.8, 4) is 11.6 Å². The first-order chi connectivity index (χ1) is 15.3. The molecule has 0 radical (unpaired) electrons. The summed E-state index contributed by atoms with van der Waals surface area (Å²) in [6.07, 6.45) is -3.71. The van der Waals surface area contributed by atoms with Crippen LogP contribution in [0.4, 0.5) is 23.2 Å². The maximum Gasteiger partial charge on any atom is 0.435 e. The summed E-state index contributed by atoms with van der Waals surface area (Å²) in [7, 11) is -3.10. The van der Waals surface area contributed by atoms with E-state index in [9.17, 15) is 26.6 Å². The highest BCUT2D eigenvalue weighted by Crippen LogP contribution is 2.35. The quantitative estimate of drug-likeness (QED) is 0.394. The van der Waals surface area contributed by atoms with Gasteiger partial charge in [-0.25, -0.2) is 13.4 Å². The molecule has 0 saturated heterocycles. The third-order valence-corrected chi connectivity index (χ3v) is 5.88. The summed E-state index contributed by atoms with van der Waals surface area (Å²) in [5.74, 6) is -2.43. The van der Waals surface area contributed by atoms with Crippen LogP contribution in [0.1, 0.15) is 21.6 Å². The van der Waals surface area contributed by atoms with Gasteiger partial charge in [0.25, 0.3) is 11.8 Å². The maximum absolute atomic E-state index is 13.7. The molecule has 33 heavy (non-hydrogen) atoms. The van der Waals surface area contributed by atoms with E-state index in [-0.39, 0.29) is 20.8 Å². The molecule has 3 aromatic rings. The molecule has 2 N–H and O–H groups in total. The molecular weight excluding hydrogens is 532 g/mol. The highest BCUT2D eigenvalue weighted by atomic mass is 79.9. The zero-order chi connectivity index (χ0) is 24.6. The summed E-state index contributed by atoms with van der Waals surface area (Å²) < 4.78 is 79.2. The minimum Gasteiger partial charge on any atom is -0.437 e. The van der Waals surface area contributed by atoms with E-state index in [1.54, 1.807) is 0 Å². The van der Waals surface area contributed by atoms with Crippen LogP contribution in [0.2, 0.25) is 0 Å². The monoisotopic (exact) mass is 546 g/mol. The molecule has 0 bridgehead atoms. The number of nitrogens with zero attached hydrogens (tertiary/aromatic N) is 2. The van der Waals surface area contributed by atoms with Crippen LogP contribution in [-0.4, -0.2) is 26.6 Å². The van der Waals surface area contributed by atoms with Crippen molar-refractivity contribution >= 4 is 37.3 Å². The van der Waals surface area contributed by atoms with Gasteiger partial charge in [-0.2, -0.15) is 13.2 Å². The van der Waals surface area contributed by atoms with E-state index in [4.69, 9.17) is 9.52 Å². The van der Waals surface area contributed by atoms with E-state index in [0.29, 0.717) is 0 Å². The van der Waals surface area contributed by atoms with Crippen LogP contribution in [0.15, 0.2) is 51.8 Å². The van der Waals surface area contributed by atoms with Crippen molar-refractivity contribution in [2.75, 3.05) is 11.6 Å². The first kappa shape index (κ1) is 24.6. The predicted molar refractivity (Wildman–Crippen MR) is 115 cm³/mol. The van der Waals surface area contributed by atoms with Crippen molar-refractivity contribution in [3.63, 3.8) is 0 Å². The second-order valence-electron chi connectivity index (χ2n) is 6.88. The number of nitrogens with one attached hydrogen (secondary N) is 2. The normalized spacial score (nSPS) is 13.3. The van der Waals surface area contributed by atoms with Crippen molar-refractivity contribution in [3.05, 3.63) is 69.6 Å². The Morgan fingerprint density at radius 2 is 1.88 bits per heavy atom. The molecule has 0 spiro atoms. The van der Waals surface area contributed by atoms with Crippen molar-refractivity contribution in [2.24, 2.45) is 0 Å². The highest BCUT2D eigenvalue weighted by molar-refractivity contribution is 9.10. The molecule has 0 saturated carbocycles. The largest absolute Gasteiger partial charge is 0.437 e. The van der Waals surface area contributed by atoms with Gasteiger partial charge in [-0.1, -0.05) is 22.0 Å². The zero-order valence-electron chi connectivity index (χ0n) is 17.0. The van der Waals surface area contributed by atoms with Crippen LogP contribution in [0.25, 0.3) is 0 Å². The lowest BCUT2D eigenvalue weighted by molar-refractivity contribution is -0.142. The SMILES string of the molecule is Cc1c(C(F)(F)F)nnc(Oc2cc(F)cc(Br)c2)c1C(=O)Nc1cccc(S(C)(=N)=O)c1. The summed E-state index contributed by atoms with van der Waals surface area (Å²) in [5.41, 5.74) is -2.44. The zero-order valence-corrected chi connectivity index (χ0v) is 19.4. The lowest BCUT2D eigenvalue weighted by Crippen LogP contribution is -2.21. The van der Waals surface area contributed by atoms with Gasteiger partial charge in [-0.3, -0.25) is 4.79 Å². The highest BCUT2D eigenvalue weighted by Gasteiger charge is 2.38. The standard InChI is InChI=1S/C20H15BrF4N4O3S/c1-10-16(18(30)27-13-4-3-5-15(9-13)33(2,26)31)19(29-28-17(10)20(23,24)25)32-14-7-11(21)6-12(22)8-14/h3-9,26H,1-2H3,(H,27,30). The number of alkyl halides is 3. The summed E-state index contributed by atoms with van der Waals surface area (Å²) in [4.78, 5) is 13.1. The number of rotatable bonds is 5. The van der Waals surface area contributed by atoms with E-state index < -0.39 is 50.3 Å². The topological polar surface area (TPSA) is 105 Å². The summed E-state index contributed by atoms with van der Waals surface area (Å²) in [6.45, 7) is 1.03. The molecule has 1 aromatic heterocycles. The molecule has 0 aliphatic heterocycles. The summed E-state index contributed by atoms with van der Waals surface area (Å²) in [6, 6.07) is 8.95. The van der Waals surface area contributed by atoms with Crippen molar-refractivity contribution < 1.29 is 31.3 Å². The van der Waals surface area contributed by atoms with Gasteiger partial charge >= 0.3 is 6.18 Å². The van der Waals surface area contributed by atoms with Crippen molar-refractivity contribution in [1.29, 1.82) is 4.78 Å². The smallest absolute Gasteiger partial charge is 0.435 e. The Hall–Kier alpha value is -3.06. The van der Waals surface area contributed by atoms with Crippen LogP contribution in [0, 0.1) is 17.5 Å². The van der Waals surface area contributed by atoms with Crippen molar-refractivity contribution in [2.45, 2.75) is 18.0 Å². The first-order valence-corrected chi connectivity index (χ1v) is 11.8. The average molecular weight is 547 g/mol. The fourth-order valence-electron chi connectivity index (χ4n) is 2.82. The second-order valence-corrected chi connectivity index (χ2v) is 9.96. The fraction of sp³-hybridized carbons (Fsp3) is 0.150. The number of benzene rings is 2. The minimum atomic E-state index is -4.90. The van der Waals surface area contributed by atoms with E-state index in [1.165, 1.54) is 36.6 Å². The van der Waals surface area contributed by atoms with E-state index in [0.717, 1.165) is 19.1 Å². The molecule has 7 nitrogen and oxygen atoms in total. The van der Waals surface area contributed by atoms with Gasteiger partial charge in [-0.15, -0.1) is 10.2 Å². The number of aromatic nitrogens is 2. The molecule has 0 aliphatic rings. The Bertz CT molecular complexity index is 1330. The van der Waals surface area contributed by atoms with Gasteiger partial charge in [-0.05, 0) is 42.8 Å². The number of hydrogen-bond acceptors (Lipinski definition) is 6. The molecule has 13 heteroatoms. The molecule has 1 heterocycles. The summed E-state index contributed by atoms with van der Waals surface area (Å²) >= 11 is 3.07. The Labute approximate surface area is 194 Å². The number of carbonyl (C=O) groups is 1. The van der Waals surface area contributed by atoms with Gasteiger partial charge in [0.2, 0.25) is 0 Å². The Morgan fingerprint density at radius 3 is 2.48 bits per heavy atom. The average Bonchev–Trinajstić information content (AvgIpc) is 2.65. The Balaban J connectivity index is 2.08. The van der Waals surface area contributed by atoms with Gasteiger partial charge in [0.15, 0.2) is 5.69 Å². The molecule has 2 aromatic carbocycles. The summed E-state index contributed by atoms with van der Waals surface area (Å²) in [5, 5.41) is 8.94. The number of hydrogen-bond donors (Lipinski definition) is 2. The van der Waals surface area contributed by atoms with Gasteiger partial charge < -0.3 is 10.1 Å². The van der Waals surface area contributed by atoms with Gasteiger partial charge in [0.05, 0.1) is 9.73 Å². The molecule has 0 aliphatic carbocycles. The maximum atomic E-state index is 13.7. The molecule has 1 amide bonds. The molecule has 174 valence electrons. The third-order valence-electron chi connectivity index (χ3n) is 4.27. The number of halogens is 5. The number of amides is 1. The second kappa shape index (κ2) is 9.06. The third kappa shape index (κ3) is 5.85. The fourth-order valence-corrected chi connectivity index (χ4v) is 3.95. The van der Waals surface area contributed by atoms with E-state index in [1.807, 2.05) is 0 Å². The van der Waals surface area contributed by atoms with Crippen LogP contribution in [-0.2, 0) is 15.9 Å². The van der Waals surface area contributed by atoms with E-state index >= 15 is 0 Å². The predicted octanol–water partition coefficient (Wildman–Crippen LogP) is 5.79. The minimum absolute atomic E-state index is 0.0866. The first-order valence-electron chi connectivity index (χ1n) is 8.99. The molecule has 3 rings (SSSR count). The number of anilines is 1. The number of ether oxygens (including phenoxy) is 1. The number of carbonyl (C=O) groups excluding carboxylic acids is 1. The lowest BCUT2D eigenvalue weighted by Gasteiger charge is -2.16. The molecule has 0 fully saturated rings. The molecule has 1 unspecified atom stereocenters. The van der Waals surface area contributed by atoms with Crippen LogP contribution >= 0.6 is 15.9 Å². The van der Waals surface area contributed by atoms with Crippen molar-refractivity contribution in [1.82, 2.24) is 10.2 Å². The van der Waals surface area contributed by atoms with E-state index in [2.05, 4.69) is 31.4 Å². The molecule has 1 atom stereocenters. The Morgan fingerprint density at radius 1 is 1.18 bits per heavy atom. The van der Waals surface area contributed by atoms with Crippen LogP contribution in [0.3, 0.4) is 0 Å². The van der Waals surface area contributed by atoms with Gasteiger partial charge in [0.1, 0.15) is 17.1 Å². The lowest BCUT2D eigenvalue weighted by atomic mass is 10.1. The Kier molecular flexibility index (Phi) is 6.75. The van der Waals surface area contributed by atoms with Crippen LogP contribution in [0.5, 0.6) is 11.6 Å².